The molecule has 1 unspecified atom stereocenters. The first kappa shape index (κ1) is 15.1. The zero-order valence-corrected chi connectivity index (χ0v) is 12.0. The Bertz CT molecular complexity index is 608. The molecule has 0 aliphatic heterocycles. The van der Waals surface area contributed by atoms with Gasteiger partial charge in [-0.3, -0.25) is 4.79 Å². The molecule has 0 aliphatic rings. The highest BCUT2D eigenvalue weighted by molar-refractivity contribution is 5.79. The summed E-state index contributed by atoms with van der Waals surface area (Å²) < 4.78 is 0. The zero-order chi connectivity index (χ0) is 15.2. The molecule has 0 saturated heterocycles. The minimum atomic E-state index is -0.0731. The van der Waals surface area contributed by atoms with Crippen molar-refractivity contribution in [2.24, 2.45) is 5.73 Å². The molecule has 0 fully saturated rings. The number of phenols is 1. The third kappa shape index (κ3) is 4.33. The van der Waals surface area contributed by atoms with Gasteiger partial charge in [-0.2, -0.15) is 0 Å². The van der Waals surface area contributed by atoms with Crippen LogP contribution in [0.2, 0.25) is 0 Å². The standard InChI is InChI=1S/C17H20N2O2/c1-12(15-7-5-13(11-18)6-8-15)19-17(21)10-14-3-2-4-16(20)9-14/h2-9,12,20H,10-11,18H2,1H3,(H,19,21). The van der Waals surface area contributed by atoms with Gasteiger partial charge in [0.2, 0.25) is 5.91 Å². The predicted molar refractivity (Wildman–Crippen MR) is 82.7 cm³/mol. The number of amides is 1. The van der Waals surface area contributed by atoms with Crippen LogP contribution in [0.1, 0.15) is 29.7 Å². The van der Waals surface area contributed by atoms with Gasteiger partial charge in [0, 0.05) is 6.54 Å². The number of carbonyl (C=O) groups is 1. The Morgan fingerprint density at radius 1 is 1.19 bits per heavy atom. The van der Waals surface area contributed by atoms with E-state index in [1.807, 2.05) is 37.3 Å². The van der Waals surface area contributed by atoms with Gasteiger partial charge in [-0.25, -0.2) is 0 Å². The van der Waals surface area contributed by atoms with Gasteiger partial charge >= 0.3 is 0 Å². The second-order valence-corrected chi connectivity index (χ2v) is 5.08. The van der Waals surface area contributed by atoms with Gasteiger partial charge < -0.3 is 16.2 Å². The van der Waals surface area contributed by atoms with E-state index in [0.717, 1.165) is 16.7 Å². The van der Waals surface area contributed by atoms with E-state index in [4.69, 9.17) is 5.73 Å². The van der Waals surface area contributed by atoms with Crippen molar-refractivity contribution in [1.29, 1.82) is 0 Å². The quantitative estimate of drug-likeness (QED) is 0.788. The maximum absolute atomic E-state index is 12.0. The molecule has 2 aromatic rings. The Kier molecular flexibility index (Phi) is 4.95. The monoisotopic (exact) mass is 284 g/mol. The third-order valence-corrected chi connectivity index (χ3v) is 3.37. The summed E-state index contributed by atoms with van der Waals surface area (Å²) in [5.74, 6) is 0.0988. The van der Waals surface area contributed by atoms with Crippen molar-refractivity contribution in [2.75, 3.05) is 0 Å². The fourth-order valence-corrected chi connectivity index (χ4v) is 2.17. The van der Waals surface area contributed by atoms with Crippen LogP contribution < -0.4 is 11.1 Å². The van der Waals surface area contributed by atoms with Gasteiger partial charge in [-0.1, -0.05) is 36.4 Å². The molecule has 1 amide bonds. The fourth-order valence-electron chi connectivity index (χ4n) is 2.17. The van der Waals surface area contributed by atoms with Crippen molar-refractivity contribution in [3.8, 4) is 5.75 Å². The van der Waals surface area contributed by atoms with Crippen molar-refractivity contribution >= 4 is 5.91 Å². The Balaban J connectivity index is 1.95. The zero-order valence-electron chi connectivity index (χ0n) is 12.0. The Morgan fingerprint density at radius 3 is 2.52 bits per heavy atom. The molecule has 21 heavy (non-hydrogen) atoms. The summed E-state index contributed by atoms with van der Waals surface area (Å²) in [4.78, 5) is 12.0. The molecule has 0 bridgehead atoms. The normalized spacial score (nSPS) is 11.9. The summed E-state index contributed by atoms with van der Waals surface area (Å²) in [6.07, 6.45) is 0.250. The van der Waals surface area contributed by atoms with Gasteiger partial charge in [0.1, 0.15) is 5.75 Å². The van der Waals surface area contributed by atoms with E-state index in [9.17, 15) is 9.90 Å². The van der Waals surface area contributed by atoms with Gasteiger partial charge in [-0.05, 0) is 35.7 Å². The Labute approximate surface area is 124 Å². The molecule has 4 nitrogen and oxygen atoms in total. The first-order valence-corrected chi connectivity index (χ1v) is 6.94. The number of rotatable bonds is 5. The molecule has 0 saturated carbocycles. The lowest BCUT2D eigenvalue weighted by molar-refractivity contribution is -0.121. The number of aromatic hydroxyl groups is 1. The SMILES string of the molecule is CC(NC(=O)Cc1cccc(O)c1)c1ccc(CN)cc1. The van der Waals surface area contributed by atoms with E-state index in [1.165, 1.54) is 0 Å². The molecule has 0 radical (unpaired) electrons. The summed E-state index contributed by atoms with van der Waals surface area (Å²) in [6, 6.07) is 14.5. The van der Waals surface area contributed by atoms with Crippen molar-refractivity contribution < 1.29 is 9.90 Å². The molecule has 0 heterocycles. The van der Waals surface area contributed by atoms with E-state index in [0.29, 0.717) is 6.54 Å². The van der Waals surface area contributed by atoms with Crippen LogP contribution in [0.15, 0.2) is 48.5 Å². The van der Waals surface area contributed by atoms with Gasteiger partial charge in [0.15, 0.2) is 0 Å². The number of hydrogen-bond acceptors (Lipinski definition) is 3. The first-order valence-electron chi connectivity index (χ1n) is 6.94. The van der Waals surface area contributed by atoms with Crippen molar-refractivity contribution in [1.82, 2.24) is 5.32 Å². The molecular formula is C17H20N2O2. The van der Waals surface area contributed by atoms with Crippen molar-refractivity contribution in [2.45, 2.75) is 25.9 Å². The number of hydrogen-bond donors (Lipinski definition) is 3. The van der Waals surface area contributed by atoms with E-state index >= 15 is 0 Å². The minimum Gasteiger partial charge on any atom is -0.508 e. The topological polar surface area (TPSA) is 75.3 Å². The average molecular weight is 284 g/mol. The van der Waals surface area contributed by atoms with Crippen LogP contribution in [0.3, 0.4) is 0 Å². The Hall–Kier alpha value is -2.33. The Morgan fingerprint density at radius 2 is 1.90 bits per heavy atom. The minimum absolute atomic E-state index is 0.0679. The number of nitrogens with two attached hydrogens (primary N) is 1. The highest BCUT2D eigenvalue weighted by Crippen LogP contribution is 2.15. The lowest BCUT2D eigenvalue weighted by Crippen LogP contribution is -2.28. The van der Waals surface area contributed by atoms with Crippen LogP contribution in [-0.2, 0) is 17.8 Å². The van der Waals surface area contributed by atoms with Gasteiger partial charge in [0.25, 0.3) is 0 Å². The molecule has 2 rings (SSSR count). The van der Waals surface area contributed by atoms with Crippen LogP contribution in [0.4, 0.5) is 0 Å². The summed E-state index contributed by atoms with van der Waals surface area (Å²) in [5, 5.41) is 12.3. The molecule has 4 heteroatoms. The number of phenolic OH excluding ortho intramolecular Hbond substituents is 1. The lowest BCUT2D eigenvalue weighted by atomic mass is 10.1. The molecule has 0 aliphatic carbocycles. The van der Waals surface area contributed by atoms with Crippen molar-refractivity contribution in [3.05, 3.63) is 65.2 Å². The first-order chi connectivity index (χ1) is 10.1. The maximum Gasteiger partial charge on any atom is 0.224 e. The van der Waals surface area contributed by atoms with E-state index < -0.39 is 0 Å². The van der Waals surface area contributed by atoms with Crippen LogP contribution in [-0.4, -0.2) is 11.0 Å². The van der Waals surface area contributed by atoms with Crippen molar-refractivity contribution in [3.63, 3.8) is 0 Å². The summed E-state index contributed by atoms with van der Waals surface area (Å²) in [7, 11) is 0. The van der Waals surface area contributed by atoms with E-state index in [2.05, 4.69) is 5.32 Å². The predicted octanol–water partition coefficient (Wildman–Crippen LogP) is 2.27. The number of benzene rings is 2. The lowest BCUT2D eigenvalue weighted by Gasteiger charge is -2.15. The van der Waals surface area contributed by atoms with Gasteiger partial charge in [0.05, 0.1) is 12.5 Å². The van der Waals surface area contributed by atoms with Gasteiger partial charge in [-0.15, -0.1) is 0 Å². The fraction of sp³-hybridized carbons (Fsp3) is 0.235. The average Bonchev–Trinajstić information content (AvgIpc) is 2.47. The molecular weight excluding hydrogens is 264 g/mol. The molecule has 110 valence electrons. The summed E-state index contributed by atoms with van der Waals surface area (Å²) in [5.41, 5.74) is 8.46. The van der Waals surface area contributed by atoms with Crippen LogP contribution in [0, 0.1) is 0 Å². The highest BCUT2D eigenvalue weighted by atomic mass is 16.3. The third-order valence-electron chi connectivity index (χ3n) is 3.37. The highest BCUT2D eigenvalue weighted by Gasteiger charge is 2.10. The smallest absolute Gasteiger partial charge is 0.224 e. The summed E-state index contributed by atoms with van der Waals surface area (Å²) >= 11 is 0. The second-order valence-electron chi connectivity index (χ2n) is 5.08. The second kappa shape index (κ2) is 6.90. The number of nitrogens with one attached hydrogen (secondary N) is 1. The molecule has 0 aromatic heterocycles. The molecule has 0 spiro atoms. The molecule has 1 atom stereocenters. The van der Waals surface area contributed by atoms with Crippen LogP contribution in [0.5, 0.6) is 5.75 Å². The molecule has 4 N–H and O–H groups in total. The van der Waals surface area contributed by atoms with Crippen LogP contribution in [0.25, 0.3) is 0 Å². The van der Waals surface area contributed by atoms with E-state index in [1.54, 1.807) is 18.2 Å². The molecule has 2 aromatic carbocycles. The van der Waals surface area contributed by atoms with E-state index in [-0.39, 0.29) is 24.1 Å². The maximum atomic E-state index is 12.0. The summed E-state index contributed by atoms with van der Waals surface area (Å²) in [6.45, 7) is 2.45. The number of carbonyl (C=O) groups excluding carboxylic acids is 1. The largest absolute Gasteiger partial charge is 0.508 e. The van der Waals surface area contributed by atoms with Crippen LogP contribution >= 0.6 is 0 Å².